The van der Waals surface area contributed by atoms with E-state index < -0.39 is 59.7 Å². The number of benzene rings is 2. The summed E-state index contributed by atoms with van der Waals surface area (Å²) in [6.45, 7) is 3.79. The molecule has 0 spiro atoms. The summed E-state index contributed by atoms with van der Waals surface area (Å²) in [6, 6.07) is 13.2. The van der Waals surface area contributed by atoms with Gasteiger partial charge in [0.15, 0.2) is 12.2 Å². The van der Waals surface area contributed by atoms with Crippen LogP contribution in [-0.2, 0) is 19.9 Å². The van der Waals surface area contributed by atoms with E-state index in [1.54, 1.807) is 24.4 Å². The van der Waals surface area contributed by atoms with Crippen LogP contribution in [0.25, 0.3) is 0 Å². The number of aliphatic hydroxyl groups excluding tert-OH is 2. The number of carbonyl (C=O) groups excluding carboxylic acids is 1. The lowest BCUT2D eigenvalue weighted by atomic mass is 9.93. The molecule has 45 heavy (non-hydrogen) atoms. The SMILES string of the molecule is CC(C)(N[C@H]1C[C@H](c2cccc(F)c2)N(c2ccc(OC(F)(F)F)cc2)C1=O)c1ccc(Cl)nc1.O=C(O)[C@H](O)[C@@H](O)C(=O)O. The predicted octanol–water partition coefficient (Wildman–Crippen LogP) is 4.02. The van der Waals surface area contributed by atoms with E-state index in [0.29, 0.717) is 22.8 Å². The van der Waals surface area contributed by atoms with Crippen molar-refractivity contribution in [2.45, 2.75) is 56.5 Å². The Bertz CT molecular complexity index is 1490. The number of rotatable bonds is 9. The fourth-order valence-electron chi connectivity index (χ4n) is 4.52. The van der Waals surface area contributed by atoms with Crippen molar-refractivity contribution in [1.29, 1.82) is 0 Å². The maximum Gasteiger partial charge on any atom is 0.573 e. The van der Waals surface area contributed by atoms with Gasteiger partial charge in [-0.05, 0) is 73.9 Å². The first-order valence-corrected chi connectivity index (χ1v) is 13.4. The number of carboxylic acids is 2. The molecule has 4 rings (SSSR count). The number of aliphatic carboxylic acids is 2. The fraction of sp³-hybridized carbons (Fsp3) is 0.310. The minimum atomic E-state index is -4.83. The van der Waals surface area contributed by atoms with Crippen molar-refractivity contribution in [2.75, 3.05) is 4.90 Å². The van der Waals surface area contributed by atoms with Crippen LogP contribution in [0.2, 0.25) is 5.15 Å². The molecular formula is C29H28ClF4N3O8. The van der Waals surface area contributed by atoms with Crippen molar-refractivity contribution in [3.05, 3.63) is 89.0 Å². The summed E-state index contributed by atoms with van der Waals surface area (Å²) in [7, 11) is 0. The minimum Gasteiger partial charge on any atom is -0.479 e. The molecule has 1 aliphatic heterocycles. The van der Waals surface area contributed by atoms with E-state index in [-0.39, 0.29) is 5.91 Å². The van der Waals surface area contributed by atoms with Crippen molar-refractivity contribution in [1.82, 2.24) is 10.3 Å². The molecule has 2 heterocycles. The summed E-state index contributed by atoms with van der Waals surface area (Å²) < 4.78 is 55.6. The highest BCUT2D eigenvalue weighted by molar-refractivity contribution is 6.29. The molecule has 0 unspecified atom stereocenters. The van der Waals surface area contributed by atoms with Crippen LogP contribution in [0.4, 0.5) is 23.2 Å². The van der Waals surface area contributed by atoms with Crippen LogP contribution in [0.5, 0.6) is 5.75 Å². The summed E-state index contributed by atoms with van der Waals surface area (Å²) in [6.07, 6.45) is -7.43. The number of carboxylic acid groups (broad SMARTS) is 2. The minimum absolute atomic E-state index is 0.293. The standard InChI is InChI=1S/C25H22ClF4N3O2.C4H6O6/c1-24(2,16-6-11-22(26)31-14-16)32-20-13-21(15-4-3-5-17(27)12-15)33(23(20)34)18-7-9-19(10-8-18)35-25(28,29)30;5-1(3(7)8)2(6)4(9)10/h3-12,14,20-21,32H,13H2,1-2H3;1-2,5-6H,(H,7,8)(H,9,10)/t20-,21+;1-,2-/m01/s1. The van der Waals surface area contributed by atoms with Crippen molar-refractivity contribution < 1.29 is 57.1 Å². The van der Waals surface area contributed by atoms with Crippen molar-refractivity contribution in [2.24, 2.45) is 0 Å². The zero-order valence-corrected chi connectivity index (χ0v) is 24.3. The maximum atomic E-state index is 14.0. The van der Waals surface area contributed by atoms with Gasteiger partial charge in [-0.3, -0.25) is 10.1 Å². The van der Waals surface area contributed by atoms with E-state index in [0.717, 1.165) is 17.7 Å². The molecule has 3 aromatic rings. The molecular weight excluding hydrogens is 630 g/mol. The number of ether oxygens (including phenoxy) is 1. The molecule has 1 aliphatic rings. The van der Waals surface area contributed by atoms with Gasteiger partial charge in [-0.25, -0.2) is 19.0 Å². The van der Waals surface area contributed by atoms with E-state index >= 15 is 0 Å². The third-order valence-electron chi connectivity index (χ3n) is 6.68. The number of nitrogens with one attached hydrogen (secondary N) is 1. The van der Waals surface area contributed by atoms with E-state index in [1.807, 2.05) is 19.9 Å². The lowest BCUT2D eigenvalue weighted by molar-refractivity contribution is -0.274. The van der Waals surface area contributed by atoms with Crippen molar-refractivity contribution >= 4 is 35.1 Å². The van der Waals surface area contributed by atoms with Gasteiger partial charge in [0.1, 0.15) is 16.7 Å². The topological polar surface area (TPSA) is 170 Å². The molecule has 5 N–H and O–H groups in total. The fourth-order valence-corrected chi connectivity index (χ4v) is 4.63. The number of alkyl halides is 3. The number of amides is 1. The van der Waals surface area contributed by atoms with E-state index in [2.05, 4.69) is 15.0 Å². The van der Waals surface area contributed by atoms with Gasteiger partial charge in [0, 0.05) is 17.4 Å². The molecule has 11 nitrogen and oxygen atoms in total. The number of halogens is 5. The Hall–Kier alpha value is -4.31. The number of nitrogens with zero attached hydrogens (tertiary/aromatic N) is 2. The monoisotopic (exact) mass is 657 g/mol. The number of aliphatic hydroxyl groups is 2. The first-order chi connectivity index (χ1) is 20.9. The Labute approximate surface area is 258 Å². The summed E-state index contributed by atoms with van der Waals surface area (Å²) in [4.78, 5) is 38.7. The number of hydrogen-bond acceptors (Lipinski definition) is 8. The maximum absolute atomic E-state index is 14.0. The van der Waals surface area contributed by atoms with Crippen molar-refractivity contribution in [3.8, 4) is 5.75 Å². The average Bonchev–Trinajstić information content (AvgIpc) is 3.27. The zero-order valence-electron chi connectivity index (χ0n) is 23.6. The lowest BCUT2D eigenvalue weighted by Crippen LogP contribution is -2.47. The van der Waals surface area contributed by atoms with Gasteiger partial charge in [0.05, 0.1) is 12.1 Å². The molecule has 16 heteroatoms. The number of anilines is 1. The number of carbonyl (C=O) groups is 3. The lowest BCUT2D eigenvalue weighted by Gasteiger charge is -2.30. The first-order valence-electron chi connectivity index (χ1n) is 13.1. The van der Waals surface area contributed by atoms with Gasteiger partial charge in [0.2, 0.25) is 5.91 Å². The van der Waals surface area contributed by atoms with Gasteiger partial charge in [0.25, 0.3) is 0 Å². The van der Waals surface area contributed by atoms with Crippen LogP contribution < -0.4 is 15.0 Å². The summed E-state index contributed by atoms with van der Waals surface area (Å²) in [5.74, 6) is -4.68. The van der Waals surface area contributed by atoms with E-state index in [9.17, 15) is 31.9 Å². The molecule has 1 saturated heterocycles. The van der Waals surface area contributed by atoms with Crippen LogP contribution >= 0.6 is 11.6 Å². The molecule has 242 valence electrons. The second-order valence-corrected chi connectivity index (χ2v) is 10.7. The Morgan fingerprint density at radius 2 is 1.62 bits per heavy atom. The largest absolute Gasteiger partial charge is 0.573 e. The Morgan fingerprint density at radius 1 is 1.02 bits per heavy atom. The smallest absolute Gasteiger partial charge is 0.479 e. The number of aromatic nitrogens is 1. The van der Waals surface area contributed by atoms with Crippen LogP contribution in [0, 0.1) is 5.82 Å². The molecule has 2 aromatic carbocycles. The van der Waals surface area contributed by atoms with Gasteiger partial charge in [-0.2, -0.15) is 0 Å². The van der Waals surface area contributed by atoms with E-state index in [4.69, 9.17) is 32.0 Å². The van der Waals surface area contributed by atoms with Gasteiger partial charge >= 0.3 is 18.3 Å². The van der Waals surface area contributed by atoms with Crippen LogP contribution in [0.3, 0.4) is 0 Å². The first kappa shape index (κ1) is 35.2. The summed E-state index contributed by atoms with van der Waals surface area (Å²) in [5, 5.41) is 36.2. The average molecular weight is 658 g/mol. The second kappa shape index (κ2) is 14.2. The molecule has 4 atom stereocenters. The highest BCUT2D eigenvalue weighted by Gasteiger charge is 2.43. The predicted molar refractivity (Wildman–Crippen MR) is 151 cm³/mol. The quantitative estimate of drug-likeness (QED) is 0.167. The number of hydrogen-bond donors (Lipinski definition) is 5. The molecule has 1 aromatic heterocycles. The summed E-state index contributed by atoms with van der Waals surface area (Å²) in [5.41, 5.74) is 1.09. The van der Waals surface area contributed by atoms with E-state index in [1.165, 1.54) is 29.2 Å². The Morgan fingerprint density at radius 3 is 2.11 bits per heavy atom. The Kier molecular flexibility index (Phi) is 11.1. The summed E-state index contributed by atoms with van der Waals surface area (Å²) >= 11 is 5.89. The zero-order chi connectivity index (χ0) is 33.7. The van der Waals surface area contributed by atoms with Crippen LogP contribution in [0.15, 0.2) is 66.9 Å². The molecule has 1 fully saturated rings. The van der Waals surface area contributed by atoms with Gasteiger partial charge in [-0.1, -0.05) is 29.8 Å². The highest BCUT2D eigenvalue weighted by atomic mass is 35.5. The molecule has 0 bridgehead atoms. The van der Waals surface area contributed by atoms with Crippen molar-refractivity contribution in [3.63, 3.8) is 0 Å². The highest BCUT2D eigenvalue weighted by Crippen LogP contribution is 2.39. The second-order valence-electron chi connectivity index (χ2n) is 10.3. The molecule has 0 saturated carbocycles. The molecule has 0 aliphatic carbocycles. The number of pyridine rings is 1. The van der Waals surface area contributed by atoms with Gasteiger partial charge < -0.3 is 30.1 Å². The van der Waals surface area contributed by atoms with Gasteiger partial charge in [-0.15, -0.1) is 13.2 Å². The molecule has 1 amide bonds. The third kappa shape index (κ3) is 9.34. The Balaban J connectivity index is 0.000000477. The molecule has 0 radical (unpaired) electrons. The third-order valence-corrected chi connectivity index (χ3v) is 6.90. The van der Waals surface area contributed by atoms with Crippen LogP contribution in [-0.4, -0.2) is 67.9 Å². The van der Waals surface area contributed by atoms with Crippen LogP contribution in [0.1, 0.15) is 37.4 Å². The normalized spacial score (nSPS) is 18.1.